The van der Waals surface area contributed by atoms with E-state index in [4.69, 9.17) is 9.47 Å². The largest absolute Gasteiger partial charge is 0.493 e. The molecule has 7 nitrogen and oxygen atoms in total. The number of hydrogen-bond donors (Lipinski definition) is 1. The number of hydrazone groups is 1. The third-order valence-electron chi connectivity index (χ3n) is 4.60. The number of nitrogens with one attached hydrogen (secondary N) is 1. The molecule has 0 aliphatic rings. The number of amides is 1. The van der Waals surface area contributed by atoms with Crippen molar-refractivity contribution in [2.45, 2.75) is 33.7 Å². The van der Waals surface area contributed by atoms with Crippen LogP contribution in [0.25, 0.3) is 11.0 Å². The van der Waals surface area contributed by atoms with E-state index in [2.05, 4.69) is 42.9 Å². The van der Waals surface area contributed by atoms with Crippen LogP contribution in [0.2, 0.25) is 0 Å². The van der Waals surface area contributed by atoms with E-state index < -0.39 is 0 Å². The van der Waals surface area contributed by atoms with Gasteiger partial charge in [0.05, 0.1) is 35.4 Å². The number of carbonyl (C=O) groups is 1. The van der Waals surface area contributed by atoms with Gasteiger partial charge in [-0.05, 0) is 72.1 Å². The van der Waals surface area contributed by atoms with Gasteiger partial charge in [0.2, 0.25) is 0 Å². The van der Waals surface area contributed by atoms with Crippen molar-refractivity contribution in [3.8, 4) is 11.5 Å². The zero-order valence-corrected chi connectivity index (χ0v) is 19.1. The average molecular weight is 473 g/mol. The summed E-state index contributed by atoms with van der Waals surface area (Å²) in [6.45, 7) is 7.49. The zero-order valence-electron chi connectivity index (χ0n) is 17.5. The predicted molar refractivity (Wildman–Crippen MR) is 122 cm³/mol. The number of nitrogens with zero attached hydrogens (tertiary/aromatic N) is 3. The maximum absolute atomic E-state index is 12.5. The molecule has 3 aromatic rings. The Balaban J connectivity index is 1.74. The maximum Gasteiger partial charge on any atom is 0.271 e. The molecule has 0 radical (unpaired) electrons. The van der Waals surface area contributed by atoms with Crippen molar-refractivity contribution in [3.05, 3.63) is 51.8 Å². The second kappa shape index (κ2) is 9.75. The second-order valence-corrected chi connectivity index (χ2v) is 7.54. The normalized spacial score (nSPS) is 11.2. The molecule has 158 valence electrons. The number of hydrogen-bond acceptors (Lipinski definition) is 5. The lowest BCUT2D eigenvalue weighted by Crippen LogP contribution is -2.17. The highest BCUT2D eigenvalue weighted by Crippen LogP contribution is 2.36. The van der Waals surface area contributed by atoms with Gasteiger partial charge in [0, 0.05) is 12.1 Å². The van der Waals surface area contributed by atoms with Crippen molar-refractivity contribution in [2.75, 3.05) is 13.7 Å². The summed E-state index contributed by atoms with van der Waals surface area (Å²) in [7, 11) is 1.58. The van der Waals surface area contributed by atoms with Crippen LogP contribution in [0.3, 0.4) is 0 Å². The van der Waals surface area contributed by atoms with Gasteiger partial charge in [-0.25, -0.2) is 10.4 Å². The van der Waals surface area contributed by atoms with E-state index >= 15 is 0 Å². The van der Waals surface area contributed by atoms with E-state index in [0.717, 1.165) is 39.9 Å². The van der Waals surface area contributed by atoms with Gasteiger partial charge in [-0.3, -0.25) is 4.79 Å². The van der Waals surface area contributed by atoms with Crippen LogP contribution in [0.15, 0.2) is 39.9 Å². The highest BCUT2D eigenvalue weighted by molar-refractivity contribution is 9.10. The zero-order chi connectivity index (χ0) is 21.7. The van der Waals surface area contributed by atoms with E-state index in [-0.39, 0.29) is 5.91 Å². The summed E-state index contributed by atoms with van der Waals surface area (Å²) in [6.07, 6.45) is 2.46. The Morgan fingerprint density at radius 2 is 2.10 bits per heavy atom. The molecule has 1 heterocycles. The first-order chi connectivity index (χ1) is 14.5. The van der Waals surface area contributed by atoms with Gasteiger partial charge in [-0.15, -0.1) is 0 Å². The SMILES string of the molecule is CCCOc1c(Br)cc(/C=N/NC(=O)c2ccc3c(c2)nc(C)n3CC)cc1OC. The summed E-state index contributed by atoms with van der Waals surface area (Å²) in [5, 5.41) is 4.08. The number of methoxy groups -OCH3 is 1. The van der Waals surface area contributed by atoms with E-state index in [1.54, 1.807) is 31.5 Å². The number of halogens is 1. The fourth-order valence-corrected chi connectivity index (χ4v) is 3.75. The minimum atomic E-state index is -0.300. The van der Waals surface area contributed by atoms with Gasteiger partial charge >= 0.3 is 0 Å². The minimum absolute atomic E-state index is 0.300. The first-order valence-corrected chi connectivity index (χ1v) is 10.6. The Bertz CT molecular complexity index is 1090. The van der Waals surface area contributed by atoms with Crippen molar-refractivity contribution in [1.82, 2.24) is 15.0 Å². The average Bonchev–Trinajstić information content (AvgIpc) is 3.06. The number of ether oxygens (including phenoxy) is 2. The molecule has 2 aromatic carbocycles. The van der Waals surface area contributed by atoms with Crippen LogP contribution in [-0.2, 0) is 6.54 Å². The monoisotopic (exact) mass is 472 g/mol. The second-order valence-electron chi connectivity index (χ2n) is 6.69. The summed E-state index contributed by atoms with van der Waals surface area (Å²) in [5.41, 5.74) is 5.63. The lowest BCUT2D eigenvalue weighted by Gasteiger charge is -2.12. The number of aryl methyl sites for hydroxylation is 2. The lowest BCUT2D eigenvalue weighted by molar-refractivity contribution is 0.0955. The van der Waals surface area contributed by atoms with Crippen molar-refractivity contribution < 1.29 is 14.3 Å². The van der Waals surface area contributed by atoms with E-state index in [1.165, 1.54) is 0 Å². The number of carbonyl (C=O) groups excluding carboxylic acids is 1. The first kappa shape index (κ1) is 21.8. The summed E-state index contributed by atoms with van der Waals surface area (Å²) in [6, 6.07) is 9.13. The molecular weight excluding hydrogens is 448 g/mol. The summed E-state index contributed by atoms with van der Waals surface area (Å²) >= 11 is 3.50. The Morgan fingerprint density at radius 3 is 2.80 bits per heavy atom. The van der Waals surface area contributed by atoms with Crippen LogP contribution >= 0.6 is 15.9 Å². The molecule has 0 bridgehead atoms. The fourth-order valence-electron chi connectivity index (χ4n) is 3.18. The molecule has 0 aliphatic carbocycles. The highest BCUT2D eigenvalue weighted by Gasteiger charge is 2.12. The molecule has 1 aromatic heterocycles. The van der Waals surface area contributed by atoms with Crippen molar-refractivity contribution >= 4 is 39.1 Å². The predicted octanol–water partition coefficient (Wildman–Crippen LogP) is 4.69. The molecule has 1 amide bonds. The summed E-state index contributed by atoms with van der Waals surface area (Å²) in [5.74, 6) is 1.87. The van der Waals surface area contributed by atoms with Crippen LogP contribution in [0.5, 0.6) is 11.5 Å². The quantitative estimate of drug-likeness (QED) is 0.381. The highest BCUT2D eigenvalue weighted by atomic mass is 79.9. The summed E-state index contributed by atoms with van der Waals surface area (Å²) in [4.78, 5) is 17.0. The van der Waals surface area contributed by atoms with Crippen LogP contribution in [0.1, 0.15) is 42.0 Å². The molecule has 8 heteroatoms. The molecule has 0 aliphatic heterocycles. The van der Waals surface area contributed by atoms with Gasteiger partial charge < -0.3 is 14.0 Å². The van der Waals surface area contributed by atoms with E-state index in [9.17, 15) is 4.79 Å². The number of fused-ring (bicyclic) bond motifs is 1. The van der Waals surface area contributed by atoms with E-state index in [1.807, 2.05) is 26.0 Å². The molecule has 0 spiro atoms. The number of rotatable bonds is 8. The third-order valence-corrected chi connectivity index (χ3v) is 5.19. The molecule has 0 saturated carbocycles. The van der Waals surface area contributed by atoms with Crippen LogP contribution in [0.4, 0.5) is 0 Å². The van der Waals surface area contributed by atoms with Gasteiger partial charge in [-0.2, -0.15) is 5.10 Å². The fraction of sp³-hybridized carbons (Fsp3) is 0.318. The molecule has 1 N–H and O–H groups in total. The van der Waals surface area contributed by atoms with Crippen LogP contribution in [0, 0.1) is 6.92 Å². The van der Waals surface area contributed by atoms with Gasteiger partial charge in [0.1, 0.15) is 5.82 Å². The Kier molecular flexibility index (Phi) is 7.10. The molecule has 0 saturated heterocycles. The standard InChI is InChI=1S/C22H25BrN4O3/c1-5-9-30-21-17(23)10-15(11-20(21)29-4)13-24-26-22(28)16-7-8-19-18(12-16)25-14(3)27(19)6-2/h7-8,10-13H,5-6,9H2,1-4H3,(H,26,28)/b24-13+. The Labute approximate surface area is 184 Å². The Morgan fingerprint density at radius 1 is 1.30 bits per heavy atom. The van der Waals surface area contributed by atoms with Gasteiger partial charge in [0.15, 0.2) is 11.5 Å². The minimum Gasteiger partial charge on any atom is -0.493 e. The third kappa shape index (κ3) is 4.64. The lowest BCUT2D eigenvalue weighted by atomic mass is 10.2. The topological polar surface area (TPSA) is 77.7 Å². The molecule has 3 rings (SSSR count). The molecule has 30 heavy (non-hydrogen) atoms. The molecule has 0 atom stereocenters. The van der Waals surface area contributed by atoms with Gasteiger partial charge in [-0.1, -0.05) is 6.92 Å². The smallest absolute Gasteiger partial charge is 0.271 e. The van der Waals surface area contributed by atoms with Crippen molar-refractivity contribution in [1.29, 1.82) is 0 Å². The number of aromatic nitrogens is 2. The Hall–Kier alpha value is -2.87. The van der Waals surface area contributed by atoms with Crippen LogP contribution < -0.4 is 14.9 Å². The van der Waals surface area contributed by atoms with Crippen molar-refractivity contribution in [2.24, 2.45) is 5.10 Å². The maximum atomic E-state index is 12.5. The molecule has 0 fully saturated rings. The summed E-state index contributed by atoms with van der Waals surface area (Å²) < 4.78 is 14.0. The molecular formula is C22H25BrN4O3. The number of benzene rings is 2. The molecule has 0 unspecified atom stereocenters. The van der Waals surface area contributed by atoms with Crippen LogP contribution in [-0.4, -0.2) is 35.4 Å². The van der Waals surface area contributed by atoms with E-state index in [0.29, 0.717) is 23.7 Å². The first-order valence-electron chi connectivity index (χ1n) is 9.79. The van der Waals surface area contributed by atoms with Crippen molar-refractivity contribution in [3.63, 3.8) is 0 Å². The number of imidazole rings is 1. The van der Waals surface area contributed by atoms with Gasteiger partial charge in [0.25, 0.3) is 5.91 Å².